The van der Waals surface area contributed by atoms with Gasteiger partial charge < -0.3 is 10.1 Å². The highest BCUT2D eigenvalue weighted by Gasteiger charge is 2.23. The molecule has 0 amide bonds. The van der Waals surface area contributed by atoms with Gasteiger partial charge in [-0.15, -0.1) is 0 Å². The van der Waals surface area contributed by atoms with Crippen molar-refractivity contribution >= 4 is 15.9 Å². The monoisotopic (exact) mass is 270 g/mol. The van der Waals surface area contributed by atoms with Gasteiger partial charge in [-0.1, -0.05) is 0 Å². The molecule has 1 saturated heterocycles. The van der Waals surface area contributed by atoms with E-state index in [2.05, 4.69) is 39.2 Å². The summed E-state index contributed by atoms with van der Waals surface area (Å²) < 4.78 is 6.52. The van der Waals surface area contributed by atoms with Gasteiger partial charge in [0.2, 0.25) is 0 Å². The van der Waals surface area contributed by atoms with Crippen LogP contribution in [-0.4, -0.2) is 23.7 Å². The zero-order valence-corrected chi connectivity index (χ0v) is 10.3. The van der Waals surface area contributed by atoms with E-state index in [1.54, 1.807) is 6.20 Å². The largest absolute Gasteiger partial charge is 0.377 e. The first kappa shape index (κ1) is 11.0. The Labute approximate surface area is 98.4 Å². The predicted molar refractivity (Wildman–Crippen MR) is 62.6 cm³/mol. The number of pyridine rings is 1. The first-order valence-electron chi connectivity index (χ1n) is 5.20. The molecule has 3 nitrogen and oxygen atoms in total. The molecule has 1 aromatic heterocycles. The van der Waals surface area contributed by atoms with Crippen LogP contribution in [0.25, 0.3) is 0 Å². The lowest BCUT2D eigenvalue weighted by Crippen LogP contribution is -2.34. The van der Waals surface area contributed by atoms with Crippen molar-refractivity contribution in [1.29, 1.82) is 0 Å². The minimum absolute atomic E-state index is 0.324. The third-order valence-corrected chi connectivity index (χ3v) is 3.14. The fourth-order valence-corrected chi connectivity index (χ4v) is 2.21. The summed E-state index contributed by atoms with van der Waals surface area (Å²) >= 11 is 3.41. The molecule has 1 aliphatic rings. The first-order valence-corrected chi connectivity index (χ1v) is 5.99. The zero-order chi connectivity index (χ0) is 10.7. The molecule has 15 heavy (non-hydrogen) atoms. The van der Waals surface area contributed by atoms with Gasteiger partial charge in [0.25, 0.3) is 0 Å². The molecule has 2 rings (SSSR count). The van der Waals surface area contributed by atoms with Crippen molar-refractivity contribution in [2.24, 2.45) is 0 Å². The number of nitrogens with zero attached hydrogens (tertiary/aromatic N) is 1. The van der Waals surface area contributed by atoms with Crippen molar-refractivity contribution in [3.8, 4) is 0 Å². The number of hydrogen-bond acceptors (Lipinski definition) is 3. The van der Waals surface area contributed by atoms with E-state index < -0.39 is 0 Å². The lowest BCUT2D eigenvalue weighted by Gasteiger charge is -2.15. The molecule has 0 radical (unpaired) electrons. The number of halogens is 1. The molecular weight excluding hydrogens is 256 g/mol. The van der Waals surface area contributed by atoms with Gasteiger partial charge >= 0.3 is 0 Å². The Balaban J connectivity index is 1.87. The van der Waals surface area contributed by atoms with Crippen molar-refractivity contribution in [2.75, 3.05) is 6.61 Å². The Morgan fingerprint density at radius 2 is 2.47 bits per heavy atom. The van der Waals surface area contributed by atoms with Crippen LogP contribution in [0, 0.1) is 0 Å². The molecule has 1 N–H and O–H groups in total. The molecule has 4 heteroatoms. The standard InChI is InChI=1S/C11H15BrN2O/c1-8-11(2-3-15-8)14-6-9-4-10(12)7-13-5-9/h4-5,7-8,11,14H,2-3,6H2,1H3. The summed E-state index contributed by atoms with van der Waals surface area (Å²) in [6.07, 6.45) is 5.11. The van der Waals surface area contributed by atoms with Crippen LogP contribution in [0.4, 0.5) is 0 Å². The second-order valence-electron chi connectivity index (χ2n) is 3.86. The molecule has 2 atom stereocenters. The van der Waals surface area contributed by atoms with Crippen molar-refractivity contribution in [2.45, 2.75) is 32.0 Å². The summed E-state index contributed by atoms with van der Waals surface area (Å²) in [6.45, 7) is 3.84. The van der Waals surface area contributed by atoms with Gasteiger partial charge in [0.15, 0.2) is 0 Å². The second kappa shape index (κ2) is 5.05. The number of aromatic nitrogens is 1. The van der Waals surface area contributed by atoms with Crippen molar-refractivity contribution in [3.05, 3.63) is 28.5 Å². The molecule has 0 bridgehead atoms. The van der Waals surface area contributed by atoms with Crippen molar-refractivity contribution < 1.29 is 4.74 Å². The van der Waals surface area contributed by atoms with E-state index in [9.17, 15) is 0 Å². The Morgan fingerprint density at radius 3 is 3.13 bits per heavy atom. The van der Waals surface area contributed by atoms with Crippen LogP contribution in [0.15, 0.2) is 22.9 Å². The maximum atomic E-state index is 5.49. The molecule has 0 aromatic carbocycles. The summed E-state index contributed by atoms with van der Waals surface area (Å²) in [6, 6.07) is 2.56. The van der Waals surface area contributed by atoms with Crippen LogP contribution in [0.1, 0.15) is 18.9 Å². The van der Waals surface area contributed by atoms with Gasteiger partial charge in [-0.05, 0) is 40.9 Å². The third-order valence-electron chi connectivity index (χ3n) is 2.71. The normalized spacial score (nSPS) is 25.7. The van der Waals surface area contributed by atoms with Crippen LogP contribution in [-0.2, 0) is 11.3 Å². The Bertz CT molecular complexity index is 332. The van der Waals surface area contributed by atoms with E-state index in [0.717, 1.165) is 24.0 Å². The average Bonchev–Trinajstić information content (AvgIpc) is 2.61. The first-order chi connectivity index (χ1) is 7.25. The summed E-state index contributed by atoms with van der Waals surface area (Å²) in [5.41, 5.74) is 1.20. The third kappa shape index (κ3) is 3.00. The summed E-state index contributed by atoms with van der Waals surface area (Å²) in [5, 5.41) is 3.49. The molecule has 82 valence electrons. The number of rotatable bonds is 3. The predicted octanol–water partition coefficient (Wildman–Crippen LogP) is 2.11. The van der Waals surface area contributed by atoms with Crippen LogP contribution in [0.3, 0.4) is 0 Å². The van der Waals surface area contributed by atoms with E-state index in [1.807, 2.05) is 6.20 Å². The van der Waals surface area contributed by atoms with Gasteiger partial charge in [-0.2, -0.15) is 0 Å². The Morgan fingerprint density at radius 1 is 1.60 bits per heavy atom. The van der Waals surface area contributed by atoms with Crippen LogP contribution in [0.2, 0.25) is 0 Å². The molecule has 0 saturated carbocycles. The van der Waals surface area contributed by atoms with Gasteiger partial charge in [0.1, 0.15) is 0 Å². The molecular formula is C11H15BrN2O. The summed E-state index contributed by atoms with van der Waals surface area (Å²) in [5.74, 6) is 0. The lowest BCUT2D eigenvalue weighted by molar-refractivity contribution is 0.113. The maximum absolute atomic E-state index is 5.49. The van der Waals surface area contributed by atoms with Gasteiger partial charge in [0, 0.05) is 36.1 Å². The van der Waals surface area contributed by atoms with E-state index in [0.29, 0.717) is 12.1 Å². The van der Waals surface area contributed by atoms with Crippen LogP contribution < -0.4 is 5.32 Å². The SMILES string of the molecule is CC1OCCC1NCc1cncc(Br)c1. The van der Waals surface area contributed by atoms with Crippen molar-refractivity contribution in [1.82, 2.24) is 10.3 Å². The van der Waals surface area contributed by atoms with Crippen LogP contribution >= 0.6 is 15.9 Å². The molecule has 1 aromatic rings. The minimum Gasteiger partial charge on any atom is -0.377 e. The highest BCUT2D eigenvalue weighted by Crippen LogP contribution is 2.14. The fourth-order valence-electron chi connectivity index (χ4n) is 1.80. The zero-order valence-electron chi connectivity index (χ0n) is 8.74. The van der Waals surface area contributed by atoms with Gasteiger partial charge in [-0.25, -0.2) is 0 Å². The number of nitrogens with one attached hydrogen (secondary N) is 1. The molecule has 0 aliphatic carbocycles. The number of hydrogen-bond donors (Lipinski definition) is 1. The topological polar surface area (TPSA) is 34.1 Å². The second-order valence-corrected chi connectivity index (χ2v) is 4.78. The number of ether oxygens (including phenoxy) is 1. The van der Waals surface area contributed by atoms with Gasteiger partial charge in [0.05, 0.1) is 6.10 Å². The highest BCUT2D eigenvalue weighted by molar-refractivity contribution is 9.10. The van der Waals surface area contributed by atoms with E-state index >= 15 is 0 Å². The van der Waals surface area contributed by atoms with Crippen LogP contribution in [0.5, 0.6) is 0 Å². The quantitative estimate of drug-likeness (QED) is 0.914. The van der Waals surface area contributed by atoms with E-state index in [1.165, 1.54) is 5.56 Å². The maximum Gasteiger partial charge on any atom is 0.0700 e. The average molecular weight is 271 g/mol. The Hall–Kier alpha value is -0.450. The molecule has 2 unspecified atom stereocenters. The molecule has 1 aliphatic heterocycles. The van der Waals surface area contributed by atoms with Gasteiger partial charge in [-0.3, -0.25) is 4.98 Å². The Kier molecular flexibility index (Phi) is 3.72. The van der Waals surface area contributed by atoms with E-state index in [-0.39, 0.29) is 0 Å². The summed E-state index contributed by atoms with van der Waals surface area (Å²) in [7, 11) is 0. The highest BCUT2D eigenvalue weighted by atomic mass is 79.9. The van der Waals surface area contributed by atoms with E-state index in [4.69, 9.17) is 4.74 Å². The smallest absolute Gasteiger partial charge is 0.0700 e. The molecule has 2 heterocycles. The van der Waals surface area contributed by atoms with Crippen molar-refractivity contribution in [3.63, 3.8) is 0 Å². The minimum atomic E-state index is 0.324. The fraction of sp³-hybridized carbons (Fsp3) is 0.545. The lowest BCUT2D eigenvalue weighted by atomic mass is 10.1. The summed E-state index contributed by atoms with van der Waals surface area (Å²) in [4.78, 5) is 4.13. The molecule has 1 fully saturated rings. The molecule has 0 spiro atoms.